The Hall–Kier alpha value is -0.610. The van der Waals surface area contributed by atoms with Gasteiger partial charge in [-0.2, -0.15) is 0 Å². The quantitative estimate of drug-likeness (QED) is 0.834. The number of hydrogen-bond donors (Lipinski definition) is 1. The van der Waals surface area contributed by atoms with E-state index in [1.54, 1.807) is 0 Å². The second kappa shape index (κ2) is 6.44. The van der Waals surface area contributed by atoms with E-state index in [4.69, 9.17) is 5.73 Å². The number of nitrogens with two attached hydrogens (primary N) is 1. The van der Waals surface area contributed by atoms with Crippen LogP contribution in [0.2, 0.25) is 0 Å². The number of likely N-dealkylation sites (N-methyl/N-ethyl adjacent to an activating group) is 2. The Morgan fingerprint density at radius 2 is 1.80 bits per heavy atom. The van der Waals surface area contributed by atoms with Gasteiger partial charge < -0.3 is 15.5 Å². The summed E-state index contributed by atoms with van der Waals surface area (Å²) in [5.41, 5.74) is 6.08. The lowest BCUT2D eigenvalue weighted by Gasteiger charge is -2.49. The Morgan fingerprint density at radius 1 is 1.15 bits per heavy atom. The fourth-order valence-corrected chi connectivity index (χ4v) is 3.95. The van der Waals surface area contributed by atoms with Crippen LogP contribution in [0.25, 0.3) is 0 Å². The number of carbonyl (C=O) groups excluding carboxylic acids is 1. The largest absolute Gasteiger partial charge is 0.344 e. The summed E-state index contributed by atoms with van der Waals surface area (Å²) in [5, 5.41) is 0. The molecule has 4 nitrogen and oxygen atoms in total. The fourth-order valence-electron chi connectivity index (χ4n) is 3.95. The van der Waals surface area contributed by atoms with Crippen LogP contribution < -0.4 is 5.73 Å². The third-order valence-corrected chi connectivity index (χ3v) is 5.67. The maximum atomic E-state index is 12.8. The molecule has 2 aliphatic carbocycles. The molecule has 0 saturated heterocycles. The van der Waals surface area contributed by atoms with Crippen LogP contribution in [0.3, 0.4) is 0 Å². The molecule has 0 aromatic carbocycles. The minimum absolute atomic E-state index is 0.165. The van der Waals surface area contributed by atoms with Crippen molar-refractivity contribution in [2.24, 2.45) is 17.6 Å². The zero-order chi connectivity index (χ0) is 14.8. The van der Waals surface area contributed by atoms with Crippen LogP contribution in [-0.4, -0.2) is 55.5 Å². The van der Waals surface area contributed by atoms with Crippen LogP contribution in [-0.2, 0) is 4.79 Å². The highest BCUT2D eigenvalue weighted by molar-refractivity contribution is 5.79. The molecule has 4 heteroatoms. The Labute approximate surface area is 123 Å². The lowest BCUT2D eigenvalue weighted by Crippen LogP contribution is -2.58. The van der Waals surface area contributed by atoms with Crippen molar-refractivity contribution >= 4 is 5.91 Å². The van der Waals surface area contributed by atoms with Crippen LogP contribution in [0.15, 0.2) is 0 Å². The summed E-state index contributed by atoms with van der Waals surface area (Å²) in [6.45, 7) is 1.52. The van der Waals surface area contributed by atoms with Gasteiger partial charge in [0.15, 0.2) is 0 Å². The first-order valence-corrected chi connectivity index (χ1v) is 8.12. The number of hydrogen-bond acceptors (Lipinski definition) is 3. The summed E-state index contributed by atoms with van der Waals surface area (Å²) in [6.07, 6.45) is 8.27. The summed E-state index contributed by atoms with van der Waals surface area (Å²) in [5.74, 6) is 0.890. The number of nitrogens with zero attached hydrogens (tertiary/aromatic N) is 2. The first kappa shape index (κ1) is 15.8. The zero-order valence-corrected chi connectivity index (χ0v) is 13.4. The van der Waals surface area contributed by atoms with Gasteiger partial charge in [-0.25, -0.2) is 0 Å². The molecule has 20 heavy (non-hydrogen) atoms. The van der Waals surface area contributed by atoms with E-state index in [2.05, 4.69) is 19.0 Å². The predicted octanol–water partition coefficient (Wildman–Crippen LogP) is 1.69. The van der Waals surface area contributed by atoms with Crippen molar-refractivity contribution in [3.8, 4) is 0 Å². The Balaban J connectivity index is 1.97. The van der Waals surface area contributed by atoms with Crippen LogP contribution in [0.4, 0.5) is 0 Å². The molecule has 2 rings (SSSR count). The first-order chi connectivity index (χ1) is 9.50. The SMILES string of the molecule is CN(CC1(N(C)C)CCC1)C(=O)C1CCCCC1CN. The van der Waals surface area contributed by atoms with E-state index < -0.39 is 0 Å². The molecule has 0 aromatic rings. The maximum Gasteiger partial charge on any atom is 0.225 e. The minimum atomic E-state index is 0.165. The van der Waals surface area contributed by atoms with Gasteiger partial charge in [0.1, 0.15) is 0 Å². The van der Waals surface area contributed by atoms with Gasteiger partial charge in [0.2, 0.25) is 5.91 Å². The van der Waals surface area contributed by atoms with Crippen LogP contribution in [0.5, 0.6) is 0 Å². The molecule has 0 spiro atoms. The number of carbonyl (C=O) groups is 1. The molecule has 2 fully saturated rings. The third-order valence-electron chi connectivity index (χ3n) is 5.67. The lowest BCUT2D eigenvalue weighted by atomic mass is 9.74. The average molecular weight is 281 g/mol. The molecule has 2 saturated carbocycles. The summed E-state index contributed by atoms with van der Waals surface area (Å²) >= 11 is 0. The normalized spacial score (nSPS) is 29.1. The molecule has 0 radical (unpaired) electrons. The molecule has 116 valence electrons. The number of rotatable bonds is 5. The van der Waals surface area contributed by atoms with Crippen molar-refractivity contribution in [3.05, 3.63) is 0 Å². The molecule has 1 amide bonds. The standard InChI is InChI=1S/C16H31N3O/c1-18(2)16(9-6-10-16)12-19(3)15(20)14-8-5-4-7-13(14)11-17/h13-14H,4-12,17H2,1-3H3. The van der Waals surface area contributed by atoms with E-state index in [0.717, 1.165) is 19.4 Å². The molecular weight excluding hydrogens is 250 g/mol. The summed E-state index contributed by atoms with van der Waals surface area (Å²) < 4.78 is 0. The molecule has 0 aromatic heterocycles. The highest BCUT2D eigenvalue weighted by Gasteiger charge is 2.42. The highest BCUT2D eigenvalue weighted by atomic mass is 16.2. The molecular formula is C16H31N3O. The average Bonchev–Trinajstić information content (AvgIpc) is 2.41. The van der Waals surface area contributed by atoms with E-state index in [0.29, 0.717) is 18.4 Å². The van der Waals surface area contributed by atoms with Gasteiger partial charge in [0.25, 0.3) is 0 Å². The van der Waals surface area contributed by atoms with Crippen molar-refractivity contribution in [2.45, 2.75) is 50.5 Å². The predicted molar refractivity (Wildman–Crippen MR) is 82.4 cm³/mol. The molecule has 2 atom stereocenters. The van der Waals surface area contributed by atoms with Crippen molar-refractivity contribution in [1.29, 1.82) is 0 Å². The van der Waals surface area contributed by atoms with Crippen LogP contribution in [0, 0.1) is 11.8 Å². The van der Waals surface area contributed by atoms with Crippen LogP contribution in [0.1, 0.15) is 44.9 Å². The lowest BCUT2D eigenvalue weighted by molar-refractivity contribution is -0.139. The topological polar surface area (TPSA) is 49.6 Å². The first-order valence-electron chi connectivity index (χ1n) is 8.12. The van der Waals surface area contributed by atoms with Gasteiger partial charge in [0, 0.05) is 25.0 Å². The highest BCUT2D eigenvalue weighted by Crippen LogP contribution is 2.37. The van der Waals surface area contributed by atoms with E-state index in [1.165, 1.54) is 32.1 Å². The van der Waals surface area contributed by atoms with E-state index in [1.807, 2.05) is 11.9 Å². The molecule has 2 aliphatic rings. The molecule has 0 bridgehead atoms. The summed E-state index contributed by atoms with van der Waals surface area (Å²) in [7, 11) is 6.26. The van der Waals surface area contributed by atoms with Crippen LogP contribution >= 0.6 is 0 Å². The summed E-state index contributed by atoms with van der Waals surface area (Å²) in [6, 6.07) is 0. The number of amides is 1. The molecule has 2 N–H and O–H groups in total. The van der Waals surface area contributed by atoms with Crippen molar-refractivity contribution in [1.82, 2.24) is 9.80 Å². The third kappa shape index (κ3) is 3.01. The van der Waals surface area contributed by atoms with Gasteiger partial charge in [-0.05, 0) is 58.7 Å². The van der Waals surface area contributed by atoms with Gasteiger partial charge in [-0.1, -0.05) is 12.8 Å². The van der Waals surface area contributed by atoms with E-state index in [-0.39, 0.29) is 11.5 Å². The van der Waals surface area contributed by atoms with Crippen molar-refractivity contribution in [3.63, 3.8) is 0 Å². The van der Waals surface area contributed by atoms with E-state index in [9.17, 15) is 4.79 Å². The van der Waals surface area contributed by atoms with Gasteiger partial charge in [-0.15, -0.1) is 0 Å². The Bertz CT molecular complexity index is 339. The minimum Gasteiger partial charge on any atom is -0.344 e. The zero-order valence-electron chi connectivity index (χ0n) is 13.4. The van der Waals surface area contributed by atoms with Gasteiger partial charge in [-0.3, -0.25) is 4.79 Å². The second-order valence-electron chi connectivity index (χ2n) is 7.05. The Kier molecular flexibility index (Phi) is 5.08. The molecule has 2 unspecified atom stereocenters. The van der Waals surface area contributed by atoms with Crippen molar-refractivity contribution < 1.29 is 4.79 Å². The van der Waals surface area contributed by atoms with Gasteiger partial charge >= 0.3 is 0 Å². The second-order valence-corrected chi connectivity index (χ2v) is 7.05. The molecule has 0 aliphatic heterocycles. The maximum absolute atomic E-state index is 12.8. The molecule has 0 heterocycles. The summed E-state index contributed by atoms with van der Waals surface area (Å²) in [4.78, 5) is 17.1. The van der Waals surface area contributed by atoms with Gasteiger partial charge in [0.05, 0.1) is 0 Å². The monoisotopic (exact) mass is 281 g/mol. The Morgan fingerprint density at radius 3 is 2.30 bits per heavy atom. The smallest absolute Gasteiger partial charge is 0.225 e. The van der Waals surface area contributed by atoms with E-state index >= 15 is 0 Å². The fraction of sp³-hybridized carbons (Fsp3) is 0.938. The van der Waals surface area contributed by atoms with Crippen molar-refractivity contribution in [2.75, 3.05) is 34.2 Å².